The number of rotatable bonds is 5. The predicted octanol–water partition coefficient (Wildman–Crippen LogP) is 2.38. The topological polar surface area (TPSA) is 67.8 Å². The predicted molar refractivity (Wildman–Crippen MR) is 73.4 cm³/mol. The fraction of sp³-hybridized carbons (Fsp3) is 0.462. The molecule has 0 fully saturated rings. The molecule has 0 aliphatic carbocycles. The maximum Gasteiger partial charge on any atom is 0.320 e. The van der Waals surface area contributed by atoms with Gasteiger partial charge >= 0.3 is 5.97 Å². The second-order valence-electron chi connectivity index (χ2n) is 4.75. The summed E-state index contributed by atoms with van der Waals surface area (Å²) in [6.45, 7) is 4.43. The molecule has 0 saturated heterocycles. The number of carbonyl (C=O) groups is 1. The van der Waals surface area contributed by atoms with E-state index in [2.05, 4.69) is 21.2 Å². The standard InChI is InChI=1S/C13H16BrNO4/c1-7(2)11(13(16)17)15-5-8-3-9(14)12-10(4-8)18-6-19-12/h3-4,7,11,15H,5-6H2,1-2H3,(H,16,17)/t11-/m1/s1. The molecule has 1 heterocycles. The van der Waals surface area contributed by atoms with Gasteiger partial charge in [-0.25, -0.2) is 0 Å². The number of carboxylic acid groups (broad SMARTS) is 1. The molecule has 1 aromatic rings. The summed E-state index contributed by atoms with van der Waals surface area (Å²) in [4.78, 5) is 11.1. The van der Waals surface area contributed by atoms with Crippen molar-refractivity contribution in [1.29, 1.82) is 0 Å². The quantitative estimate of drug-likeness (QED) is 0.868. The first-order chi connectivity index (χ1) is 8.99. The molecule has 0 radical (unpaired) electrons. The number of halogens is 1. The van der Waals surface area contributed by atoms with Crippen molar-refractivity contribution in [3.05, 3.63) is 22.2 Å². The van der Waals surface area contributed by atoms with Crippen molar-refractivity contribution in [2.45, 2.75) is 26.4 Å². The number of carboxylic acids is 1. The minimum Gasteiger partial charge on any atom is -0.480 e. The highest BCUT2D eigenvalue weighted by atomic mass is 79.9. The zero-order valence-corrected chi connectivity index (χ0v) is 12.4. The van der Waals surface area contributed by atoms with Gasteiger partial charge in [0, 0.05) is 6.54 Å². The van der Waals surface area contributed by atoms with Gasteiger partial charge in [0.1, 0.15) is 6.04 Å². The SMILES string of the molecule is CC(C)[C@@H](NCc1cc(Br)c2c(c1)OCO2)C(=O)O. The molecule has 0 unspecified atom stereocenters. The van der Waals surface area contributed by atoms with E-state index in [4.69, 9.17) is 14.6 Å². The van der Waals surface area contributed by atoms with Gasteiger partial charge in [0.25, 0.3) is 0 Å². The smallest absolute Gasteiger partial charge is 0.320 e. The Morgan fingerprint density at radius 3 is 2.84 bits per heavy atom. The summed E-state index contributed by atoms with van der Waals surface area (Å²) in [5.74, 6) is 0.565. The van der Waals surface area contributed by atoms with Crippen molar-refractivity contribution in [2.24, 2.45) is 5.92 Å². The van der Waals surface area contributed by atoms with Crippen LogP contribution in [0.25, 0.3) is 0 Å². The largest absolute Gasteiger partial charge is 0.480 e. The van der Waals surface area contributed by atoms with Crippen LogP contribution in [0.15, 0.2) is 16.6 Å². The zero-order valence-electron chi connectivity index (χ0n) is 10.8. The van der Waals surface area contributed by atoms with Crippen LogP contribution in [0, 0.1) is 5.92 Å². The van der Waals surface area contributed by atoms with Crippen LogP contribution in [0.2, 0.25) is 0 Å². The third-order valence-electron chi connectivity index (χ3n) is 2.95. The van der Waals surface area contributed by atoms with E-state index in [0.29, 0.717) is 18.0 Å². The van der Waals surface area contributed by atoms with Gasteiger partial charge in [-0.1, -0.05) is 13.8 Å². The Kier molecular flexibility index (Phi) is 4.31. The van der Waals surface area contributed by atoms with Crippen molar-refractivity contribution in [3.63, 3.8) is 0 Å². The highest BCUT2D eigenvalue weighted by Gasteiger charge is 2.22. The highest BCUT2D eigenvalue weighted by Crippen LogP contribution is 2.39. The third-order valence-corrected chi connectivity index (χ3v) is 3.53. The van der Waals surface area contributed by atoms with Crippen molar-refractivity contribution in [3.8, 4) is 11.5 Å². The van der Waals surface area contributed by atoms with Crippen LogP contribution in [-0.2, 0) is 11.3 Å². The lowest BCUT2D eigenvalue weighted by atomic mass is 10.0. The first kappa shape index (κ1) is 14.1. The van der Waals surface area contributed by atoms with Crippen molar-refractivity contribution in [2.75, 3.05) is 6.79 Å². The van der Waals surface area contributed by atoms with E-state index in [9.17, 15) is 4.79 Å². The summed E-state index contributed by atoms with van der Waals surface area (Å²) in [6.07, 6.45) is 0. The lowest BCUT2D eigenvalue weighted by Crippen LogP contribution is -2.40. The molecule has 0 saturated carbocycles. The summed E-state index contributed by atoms with van der Waals surface area (Å²) < 4.78 is 11.4. The van der Waals surface area contributed by atoms with Gasteiger partial charge in [-0.05, 0) is 39.5 Å². The molecule has 104 valence electrons. The number of nitrogens with one attached hydrogen (secondary N) is 1. The first-order valence-corrected chi connectivity index (χ1v) is 6.82. The molecule has 1 aliphatic rings. The average Bonchev–Trinajstić information content (AvgIpc) is 2.76. The number of benzene rings is 1. The second-order valence-corrected chi connectivity index (χ2v) is 5.61. The Morgan fingerprint density at radius 2 is 2.21 bits per heavy atom. The van der Waals surface area contributed by atoms with Crippen LogP contribution >= 0.6 is 15.9 Å². The molecule has 6 heteroatoms. The Hall–Kier alpha value is -1.27. The maximum atomic E-state index is 11.1. The van der Waals surface area contributed by atoms with E-state index in [1.807, 2.05) is 26.0 Å². The molecule has 0 spiro atoms. The maximum absolute atomic E-state index is 11.1. The summed E-state index contributed by atoms with van der Waals surface area (Å²) >= 11 is 3.41. The lowest BCUT2D eigenvalue weighted by molar-refractivity contribution is -0.140. The average molecular weight is 330 g/mol. The number of fused-ring (bicyclic) bond motifs is 1. The summed E-state index contributed by atoms with van der Waals surface area (Å²) in [7, 11) is 0. The van der Waals surface area contributed by atoms with Gasteiger partial charge in [0.15, 0.2) is 11.5 Å². The fourth-order valence-corrected chi connectivity index (χ4v) is 2.56. The summed E-state index contributed by atoms with van der Waals surface area (Å²) in [5.41, 5.74) is 0.947. The van der Waals surface area contributed by atoms with Gasteiger partial charge in [0.2, 0.25) is 6.79 Å². The summed E-state index contributed by atoms with van der Waals surface area (Å²) in [5, 5.41) is 12.2. The second kappa shape index (κ2) is 5.79. The van der Waals surface area contributed by atoms with E-state index in [0.717, 1.165) is 10.0 Å². The fourth-order valence-electron chi connectivity index (χ4n) is 1.96. The molecular formula is C13H16BrNO4. The molecule has 2 rings (SSSR count). The molecule has 0 bridgehead atoms. The Morgan fingerprint density at radius 1 is 1.47 bits per heavy atom. The first-order valence-electron chi connectivity index (χ1n) is 6.03. The minimum absolute atomic E-state index is 0.0231. The number of hydrogen-bond acceptors (Lipinski definition) is 4. The molecule has 2 N–H and O–H groups in total. The molecule has 1 atom stereocenters. The molecule has 1 aliphatic heterocycles. The summed E-state index contributed by atoms with van der Waals surface area (Å²) in [6, 6.07) is 3.20. The lowest BCUT2D eigenvalue weighted by Gasteiger charge is -2.18. The van der Waals surface area contributed by atoms with Gasteiger partial charge in [0.05, 0.1) is 4.47 Å². The van der Waals surface area contributed by atoms with Gasteiger partial charge in [-0.15, -0.1) is 0 Å². The van der Waals surface area contributed by atoms with E-state index >= 15 is 0 Å². The van der Waals surface area contributed by atoms with Crippen LogP contribution in [0.4, 0.5) is 0 Å². The van der Waals surface area contributed by atoms with E-state index in [1.54, 1.807) is 0 Å². The normalized spacial score (nSPS) is 14.7. The minimum atomic E-state index is -0.838. The Bertz CT molecular complexity index is 490. The van der Waals surface area contributed by atoms with Crippen LogP contribution in [0.1, 0.15) is 19.4 Å². The zero-order chi connectivity index (χ0) is 14.0. The van der Waals surface area contributed by atoms with Gasteiger partial charge in [-0.2, -0.15) is 0 Å². The molecular weight excluding hydrogens is 314 g/mol. The van der Waals surface area contributed by atoms with Crippen molar-refractivity contribution >= 4 is 21.9 Å². The van der Waals surface area contributed by atoms with Crippen LogP contribution in [-0.4, -0.2) is 23.9 Å². The molecule has 0 amide bonds. The Labute approximate surface area is 120 Å². The third kappa shape index (κ3) is 3.19. The highest BCUT2D eigenvalue weighted by molar-refractivity contribution is 9.10. The number of hydrogen-bond donors (Lipinski definition) is 2. The molecule has 0 aromatic heterocycles. The molecule has 5 nitrogen and oxygen atoms in total. The van der Waals surface area contributed by atoms with Gasteiger partial charge in [-0.3, -0.25) is 4.79 Å². The van der Waals surface area contributed by atoms with Gasteiger partial charge < -0.3 is 19.9 Å². The monoisotopic (exact) mass is 329 g/mol. The van der Waals surface area contributed by atoms with E-state index in [-0.39, 0.29) is 12.7 Å². The van der Waals surface area contributed by atoms with Crippen LogP contribution < -0.4 is 14.8 Å². The Balaban J connectivity index is 2.08. The molecule has 19 heavy (non-hydrogen) atoms. The number of ether oxygens (including phenoxy) is 2. The van der Waals surface area contributed by atoms with Crippen molar-refractivity contribution in [1.82, 2.24) is 5.32 Å². The van der Waals surface area contributed by atoms with Crippen LogP contribution in [0.3, 0.4) is 0 Å². The van der Waals surface area contributed by atoms with Crippen LogP contribution in [0.5, 0.6) is 11.5 Å². The molecule has 1 aromatic carbocycles. The van der Waals surface area contributed by atoms with Crippen molar-refractivity contribution < 1.29 is 19.4 Å². The van der Waals surface area contributed by atoms with E-state index < -0.39 is 12.0 Å². The number of aliphatic carboxylic acids is 1. The van der Waals surface area contributed by atoms with E-state index in [1.165, 1.54) is 0 Å².